The van der Waals surface area contributed by atoms with Gasteiger partial charge in [-0.25, -0.2) is 14.4 Å². The fourth-order valence-electron chi connectivity index (χ4n) is 5.90. The standard InChI is InChI=1S/C39H43N7O8/c1-5-34(47)51-13-15-53-37(49)26-17-29(27(21-40)22-41)36(38(50)54-16-14-52-35(48)6-2)32(18-26)45-11-9-7-8-10-12-46-33-20-39(3,4)19-30(31(33)25-44)28(23-42)24-43/h5-6,26,45-46H,1-2,7-20H2,3-4H3. The number of rotatable bonds is 19. The van der Waals surface area contributed by atoms with E-state index in [2.05, 4.69) is 29.9 Å². The average molecular weight is 738 g/mol. The third-order valence-corrected chi connectivity index (χ3v) is 8.37. The Bertz CT molecular complexity index is 1800. The van der Waals surface area contributed by atoms with Crippen LogP contribution in [0.4, 0.5) is 0 Å². The van der Waals surface area contributed by atoms with E-state index in [-0.39, 0.29) is 72.7 Å². The predicted molar refractivity (Wildman–Crippen MR) is 191 cm³/mol. The van der Waals surface area contributed by atoms with Gasteiger partial charge in [0, 0.05) is 48.6 Å². The van der Waals surface area contributed by atoms with Crippen LogP contribution < -0.4 is 10.6 Å². The zero-order chi connectivity index (χ0) is 40.1. The number of esters is 4. The van der Waals surface area contributed by atoms with Gasteiger partial charge in [-0.05, 0) is 43.1 Å². The molecule has 0 spiro atoms. The van der Waals surface area contributed by atoms with E-state index in [0.717, 1.165) is 31.4 Å². The van der Waals surface area contributed by atoms with Gasteiger partial charge in [-0.15, -0.1) is 0 Å². The molecule has 0 amide bonds. The minimum Gasteiger partial charge on any atom is -0.462 e. The van der Waals surface area contributed by atoms with Crippen molar-refractivity contribution >= 4 is 23.9 Å². The number of allylic oxidation sites excluding steroid dienone is 6. The maximum atomic E-state index is 13.4. The molecular weight excluding hydrogens is 694 g/mol. The molecule has 2 N–H and O–H groups in total. The second kappa shape index (κ2) is 22.3. The Kier molecular flexibility index (Phi) is 18.0. The van der Waals surface area contributed by atoms with E-state index in [4.69, 9.17) is 18.9 Å². The molecular formula is C39H43N7O8. The fourth-order valence-corrected chi connectivity index (χ4v) is 5.90. The Labute approximate surface area is 315 Å². The highest BCUT2D eigenvalue weighted by Gasteiger charge is 2.36. The summed E-state index contributed by atoms with van der Waals surface area (Å²) in [5.74, 6) is -3.87. The number of unbranched alkanes of at least 4 members (excludes halogenated alkanes) is 3. The highest BCUT2D eigenvalue weighted by Crippen LogP contribution is 2.42. The van der Waals surface area contributed by atoms with Crippen molar-refractivity contribution in [1.82, 2.24) is 10.6 Å². The van der Waals surface area contributed by atoms with Gasteiger partial charge in [0.1, 0.15) is 67.9 Å². The van der Waals surface area contributed by atoms with Crippen molar-refractivity contribution in [2.45, 2.75) is 65.2 Å². The molecule has 2 rings (SSSR count). The summed E-state index contributed by atoms with van der Waals surface area (Å²) in [7, 11) is 0. The lowest BCUT2D eigenvalue weighted by Gasteiger charge is -2.33. The van der Waals surface area contributed by atoms with Crippen LogP contribution in [0, 0.1) is 68.0 Å². The number of nitrogens with one attached hydrogen (secondary N) is 2. The molecule has 2 aliphatic rings. The highest BCUT2D eigenvalue weighted by atomic mass is 16.6. The Hall–Kier alpha value is -6.63. The van der Waals surface area contributed by atoms with Crippen LogP contribution in [0.2, 0.25) is 0 Å². The minimum atomic E-state index is -0.893. The topological polar surface area (TPSA) is 248 Å². The molecule has 1 unspecified atom stereocenters. The second-order valence-electron chi connectivity index (χ2n) is 12.9. The van der Waals surface area contributed by atoms with Crippen LogP contribution in [0.3, 0.4) is 0 Å². The molecule has 0 aromatic carbocycles. The van der Waals surface area contributed by atoms with Crippen molar-refractivity contribution in [2.24, 2.45) is 11.3 Å². The number of carbonyl (C=O) groups excluding carboxylic acids is 4. The summed E-state index contributed by atoms with van der Waals surface area (Å²) in [4.78, 5) is 49.2. The average Bonchev–Trinajstić information content (AvgIpc) is 3.16. The lowest BCUT2D eigenvalue weighted by atomic mass is 9.73. The summed E-state index contributed by atoms with van der Waals surface area (Å²) in [6, 6.07) is 9.55. The van der Waals surface area contributed by atoms with Crippen LogP contribution in [-0.4, -0.2) is 63.4 Å². The molecule has 0 saturated heterocycles. The SMILES string of the molecule is C=CC(=O)OCCOC(=O)C1=C(NCCCCCCNC2=C(C#N)C(=C(C#N)C#N)CC(C)(C)C2)CC(C(=O)OCCOC(=O)C=C)CC1=C(C#N)C#N. The summed E-state index contributed by atoms with van der Waals surface area (Å²) in [6.07, 6.45) is 5.71. The molecule has 0 aromatic heterocycles. The molecule has 0 aliphatic heterocycles. The van der Waals surface area contributed by atoms with Gasteiger partial charge < -0.3 is 29.6 Å². The Balaban J connectivity index is 2.17. The zero-order valence-corrected chi connectivity index (χ0v) is 30.5. The normalized spacial score (nSPS) is 15.8. The van der Waals surface area contributed by atoms with Crippen molar-refractivity contribution in [3.63, 3.8) is 0 Å². The highest BCUT2D eigenvalue weighted by molar-refractivity contribution is 5.96. The molecule has 0 radical (unpaired) electrons. The van der Waals surface area contributed by atoms with Crippen LogP contribution in [0.15, 0.2) is 70.1 Å². The fraction of sp³-hybridized carbons (Fsp3) is 0.462. The maximum absolute atomic E-state index is 13.4. The van der Waals surface area contributed by atoms with Crippen LogP contribution in [-0.2, 0) is 38.1 Å². The Morgan fingerprint density at radius 2 is 1.20 bits per heavy atom. The van der Waals surface area contributed by atoms with E-state index < -0.39 is 29.8 Å². The van der Waals surface area contributed by atoms with Gasteiger partial charge in [-0.3, -0.25) is 4.79 Å². The first-order valence-corrected chi connectivity index (χ1v) is 17.2. The number of nitriles is 5. The van der Waals surface area contributed by atoms with Gasteiger partial charge in [0.05, 0.1) is 17.1 Å². The molecule has 15 nitrogen and oxygen atoms in total. The van der Waals surface area contributed by atoms with E-state index in [9.17, 15) is 45.5 Å². The van der Waals surface area contributed by atoms with Gasteiger partial charge in [-0.1, -0.05) is 39.8 Å². The molecule has 0 fully saturated rings. The molecule has 2 aliphatic carbocycles. The Morgan fingerprint density at radius 3 is 1.72 bits per heavy atom. The number of carbonyl (C=O) groups is 4. The van der Waals surface area contributed by atoms with E-state index in [0.29, 0.717) is 49.2 Å². The lowest BCUT2D eigenvalue weighted by molar-refractivity contribution is -0.153. The number of ether oxygens (including phenoxy) is 4. The third-order valence-electron chi connectivity index (χ3n) is 8.37. The van der Waals surface area contributed by atoms with Gasteiger partial charge in [0.2, 0.25) is 0 Å². The monoisotopic (exact) mass is 737 g/mol. The number of hydrogen-bond acceptors (Lipinski definition) is 15. The van der Waals surface area contributed by atoms with E-state index >= 15 is 0 Å². The van der Waals surface area contributed by atoms with Gasteiger partial charge >= 0.3 is 23.9 Å². The van der Waals surface area contributed by atoms with Gasteiger partial charge in [0.25, 0.3) is 0 Å². The molecule has 54 heavy (non-hydrogen) atoms. The summed E-state index contributed by atoms with van der Waals surface area (Å²) in [5.41, 5.74) is 1.01. The molecule has 0 aromatic rings. The predicted octanol–water partition coefficient (Wildman–Crippen LogP) is 4.22. The molecule has 1 atom stereocenters. The summed E-state index contributed by atoms with van der Waals surface area (Å²) in [6.45, 7) is 10.5. The summed E-state index contributed by atoms with van der Waals surface area (Å²) < 4.78 is 20.3. The molecule has 15 heteroatoms. The molecule has 0 bridgehead atoms. The largest absolute Gasteiger partial charge is 0.462 e. The van der Waals surface area contributed by atoms with Crippen molar-refractivity contribution in [1.29, 1.82) is 26.3 Å². The maximum Gasteiger partial charge on any atom is 0.340 e. The molecule has 0 saturated carbocycles. The first kappa shape index (κ1) is 43.5. The third kappa shape index (κ3) is 13.2. The zero-order valence-electron chi connectivity index (χ0n) is 30.5. The molecule has 282 valence electrons. The van der Waals surface area contributed by atoms with Crippen LogP contribution in [0.5, 0.6) is 0 Å². The lowest BCUT2D eigenvalue weighted by Crippen LogP contribution is -2.32. The summed E-state index contributed by atoms with van der Waals surface area (Å²) in [5, 5.41) is 54.7. The van der Waals surface area contributed by atoms with Crippen LogP contribution >= 0.6 is 0 Å². The number of nitrogens with zero attached hydrogens (tertiary/aromatic N) is 5. The van der Waals surface area contributed by atoms with Crippen molar-refractivity contribution < 1.29 is 38.1 Å². The van der Waals surface area contributed by atoms with Crippen molar-refractivity contribution in [3.05, 3.63) is 70.1 Å². The first-order valence-electron chi connectivity index (χ1n) is 17.2. The van der Waals surface area contributed by atoms with Crippen LogP contribution in [0.1, 0.15) is 65.2 Å². The summed E-state index contributed by atoms with van der Waals surface area (Å²) >= 11 is 0. The van der Waals surface area contributed by atoms with Gasteiger partial charge in [-0.2, -0.15) is 26.3 Å². The van der Waals surface area contributed by atoms with Crippen molar-refractivity contribution in [3.8, 4) is 30.3 Å². The number of hydrogen-bond donors (Lipinski definition) is 2. The van der Waals surface area contributed by atoms with E-state index in [1.807, 2.05) is 26.0 Å². The second-order valence-corrected chi connectivity index (χ2v) is 12.9. The first-order chi connectivity index (χ1) is 25.9. The smallest absolute Gasteiger partial charge is 0.340 e. The van der Waals surface area contributed by atoms with E-state index in [1.165, 1.54) is 0 Å². The quantitative estimate of drug-likeness (QED) is 0.0619. The Morgan fingerprint density at radius 1 is 0.704 bits per heavy atom. The van der Waals surface area contributed by atoms with Crippen molar-refractivity contribution in [2.75, 3.05) is 39.5 Å². The van der Waals surface area contributed by atoms with E-state index in [1.54, 1.807) is 12.1 Å². The van der Waals surface area contributed by atoms with Gasteiger partial charge in [0.15, 0.2) is 0 Å². The van der Waals surface area contributed by atoms with Crippen LogP contribution in [0.25, 0.3) is 0 Å². The minimum absolute atomic E-state index is 0.000424. The molecule has 0 heterocycles.